The van der Waals surface area contributed by atoms with Gasteiger partial charge in [-0.15, -0.1) is 0 Å². The molecule has 0 saturated heterocycles. The van der Waals surface area contributed by atoms with Crippen molar-refractivity contribution in [1.82, 2.24) is 0 Å². The Kier molecular flexibility index (Phi) is 5.94. The second-order valence-corrected chi connectivity index (χ2v) is 9.04. The fourth-order valence-corrected chi connectivity index (χ4v) is 4.68. The predicted molar refractivity (Wildman–Crippen MR) is 119 cm³/mol. The van der Waals surface area contributed by atoms with E-state index in [9.17, 15) is 19.5 Å². The molecule has 0 saturated carbocycles. The number of Topliss-reactive ketones (excluding diaryl/α,β-unsaturated/α-hetero) is 2. The van der Waals surface area contributed by atoms with Crippen molar-refractivity contribution in [2.75, 3.05) is 7.11 Å². The highest BCUT2D eigenvalue weighted by molar-refractivity contribution is 6.37. The molecule has 5 nitrogen and oxygen atoms in total. The molecule has 0 unspecified atom stereocenters. The van der Waals surface area contributed by atoms with Crippen LogP contribution < -0.4 is 4.74 Å². The molecule has 0 radical (unpaired) electrons. The smallest absolute Gasteiger partial charge is 0.191 e. The van der Waals surface area contributed by atoms with E-state index in [1.807, 2.05) is 39.8 Å². The van der Waals surface area contributed by atoms with Crippen LogP contribution in [0.15, 0.2) is 53.1 Å². The van der Waals surface area contributed by atoms with Crippen LogP contribution in [-0.4, -0.2) is 29.6 Å². The number of rotatable bonds is 5. The second kappa shape index (κ2) is 8.04. The molecule has 164 valence electrons. The van der Waals surface area contributed by atoms with Crippen LogP contribution in [0.2, 0.25) is 0 Å². The fourth-order valence-electron chi connectivity index (χ4n) is 4.68. The van der Waals surface area contributed by atoms with E-state index in [-0.39, 0.29) is 16.9 Å². The molecule has 0 heterocycles. The number of ketones is 3. The third-order valence-electron chi connectivity index (χ3n) is 6.57. The van der Waals surface area contributed by atoms with E-state index in [1.54, 1.807) is 25.1 Å². The number of hydrogen-bond acceptors (Lipinski definition) is 5. The van der Waals surface area contributed by atoms with E-state index >= 15 is 0 Å². The van der Waals surface area contributed by atoms with E-state index in [4.69, 9.17) is 4.74 Å². The van der Waals surface area contributed by atoms with Crippen LogP contribution in [0.4, 0.5) is 0 Å². The summed E-state index contributed by atoms with van der Waals surface area (Å²) in [4.78, 5) is 41.3. The van der Waals surface area contributed by atoms with Gasteiger partial charge in [0.25, 0.3) is 0 Å². The summed E-state index contributed by atoms with van der Waals surface area (Å²) in [7, 11) is 1.42. The third kappa shape index (κ3) is 3.23. The van der Waals surface area contributed by atoms with Crippen LogP contribution in [-0.2, 0) is 9.59 Å². The maximum Gasteiger partial charge on any atom is 0.191 e. The lowest BCUT2D eigenvalue weighted by Gasteiger charge is -2.43. The van der Waals surface area contributed by atoms with Crippen LogP contribution in [0.5, 0.6) is 5.75 Å². The van der Waals surface area contributed by atoms with Gasteiger partial charge in [-0.25, -0.2) is 0 Å². The van der Waals surface area contributed by atoms with Crippen LogP contribution in [0.1, 0.15) is 69.5 Å². The highest BCUT2D eigenvalue weighted by atomic mass is 16.5. The molecule has 1 N–H and O–H groups in total. The minimum atomic E-state index is -2.18. The molecule has 1 aromatic carbocycles. The van der Waals surface area contributed by atoms with E-state index in [0.717, 1.165) is 11.1 Å². The lowest BCUT2D eigenvalue weighted by Crippen LogP contribution is -2.56. The zero-order chi connectivity index (χ0) is 23.1. The average Bonchev–Trinajstić information content (AvgIpc) is 2.94. The Morgan fingerprint density at radius 1 is 1.06 bits per heavy atom. The molecular weight excluding hydrogens is 392 g/mol. The van der Waals surface area contributed by atoms with E-state index in [1.165, 1.54) is 13.2 Å². The molecule has 0 aliphatic heterocycles. The zero-order valence-electron chi connectivity index (χ0n) is 19.0. The summed E-state index contributed by atoms with van der Waals surface area (Å²) in [6.45, 7) is 9.53. The average molecular weight is 423 g/mol. The Labute approximate surface area is 183 Å². The van der Waals surface area contributed by atoms with E-state index < -0.39 is 34.3 Å². The molecule has 5 heteroatoms. The first-order valence-electron chi connectivity index (χ1n) is 10.5. The van der Waals surface area contributed by atoms with Gasteiger partial charge in [0.1, 0.15) is 11.9 Å². The standard InChI is InChI=1S/C26H30O5/c1-15(2)10-12-25(13-11-16(3)4)17(5)14-20(27)26(24(25)30)22(28)18-8-7-9-19(31-6)21(18)23(26)29/h7-11,14,22,28H,12-13H2,1-6H3/t22-,26-/m0/s1. The molecule has 2 aliphatic carbocycles. The van der Waals surface area contributed by atoms with Crippen molar-refractivity contribution >= 4 is 17.3 Å². The lowest BCUT2D eigenvalue weighted by atomic mass is 9.55. The topological polar surface area (TPSA) is 80.7 Å². The maximum absolute atomic E-state index is 14.3. The molecule has 1 spiro atoms. The number of carbonyl (C=O) groups excluding carboxylic acids is 3. The van der Waals surface area contributed by atoms with Gasteiger partial charge in [-0.1, -0.05) is 41.0 Å². The number of allylic oxidation sites excluding steroid dienone is 6. The van der Waals surface area contributed by atoms with E-state index in [2.05, 4.69) is 0 Å². The van der Waals surface area contributed by atoms with Crippen molar-refractivity contribution in [3.63, 3.8) is 0 Å². The van der Waals surface area contributed by atoms with Gasteiger partial charge in [0, 0.05) is 0 Å². The van der Waals surface area contributed by atoms with Crippen molar-refractivity contribution in [2.45, 2.75) is 53.6 Å². The molecule has 31 heavy (non-hydrogen) atoms. The van der Waals surface area contributed by atoms with Gasteiger partial charge in [-0.05, 0) is 65.2 Å². The number of carbonyl (C=O) groups is 3. The molecule has 0 fully saturated rings. The lowest BCUT2D eigenvalue weighted by molar-refractivity contribution is -0.148. The van der Waals surface area contributed by atoms with Crippen LogP contribution in [0, 0.1) is 10.8 Å². The first kappa shape index (κ1) is 22.9. The minimum Gasteiger partial charge on any atom is -0.496 e. The molecule has 0 amide bonds. The first-order valence-corrected chi connectivity index (χ1v) is 10.5. The first-order chi connectivity index (χ1) is 14.5. The summed E-state index contributed by atoms with van der Waals surface area (Å²) in [5.74, 6) is -1.61. The van der Waals surface area contributed by atoms with Crippen molar-refractivity contribution in [3.05, 3.63) is 64.3 Å². The third-order valence-corrected chi connectivity index (χ3v) is 6.57. The van der Waals surface area contributed by atoms with Gasteiger partial charge in [-0.2, -0.15) is 0 Å². The monoisotopic (exact) mass is 422 g/mol. The van der Waals surface area contributed by atoms with Gasteiger partial charge in [0.05, 0.1) is 18.1 Å². The highest BCUT2D eigenvalue weighted by Gasteiger charge is 2.68. The Hall–Kier alpha value is -2.79. The van der Waals surface area contributed by atoms with Crippen LogP contribution >= 0.6 is 0 Å². The number of aliphatic hydroxyl groups is 1. The molecule has 1 aromatic rings. The summed E-state index contributed by atoms with van der Waals surface area (Å²) in [5.41, 5.74) is -0.206. The maximum atomic E-state index is 14.3. The summed E-state index contributed by atoms with van der Waals surface area (Å²) in [6.07, 6.45) is 4.45. The molecule has 2 atom stereocenters. The zero-order valence-corrected chi connectivity index (χ0v) is 19.0. The fraction of sp³-hybridized carbons (Fsp3) is 0.423. The Balaban J connectivity index is 2.29. The number of aliphatic hydroxyl groups excluding tert-OH is 1. The van der Waals surface area contributed by atoms with Crippen LogP contribution in [0.25, 0.3) is 0 Å². The van der Waals surface area contributed by atoms with Gasteiger partial charge < -0.3 is 9.84 Å². The number of methoxy groups -OCH3 is 1. The summed E-state index contributed by atoms with van der Waals surface area (Å²) < 4.78 is 5.32. The Morgan fingerprint density at radius 2 is 1.65 bits per heavy atom. The second-order valence-electron chi connectivity index (χ2n) is 9.04. The summed E-state index contributed by atoms with van der Waals surface area (Å²) in [6, 6.07) is 4.82. The molecule has 2 aliphatic rings. The molecule has 0 aromatic heterocycles. The molecule has 0 bridgehead atoms. The number of hydrogen-bond donors (Lipinski definition) is 1. The number of benzene rings is 1. The normalized spacial score (nSPS) is 24.0. The van der Waals surface area contributed by atoms with Gasteiger partial charge in [-0.3, -0.25) is 14.4 Å². The number of fused-ring (bicyclic) bond motifs is 1. The Bertz CT molecular complexity index is 1030. The molecule has 3 rings (SSSR count). The summed E-state index contributed by atoms with van der Waals surface area (Å²) >= 11 is 0. The Morgan fingerprint density at radius 3 is 2.16 bits per heavy atom. The van der Waals surface area contributed by atoms with Gasteiger partial charge in [0.2, 0.25) is 0 Å². The molecular formula is C26H30O5. The van der Waals surface area contributed by atoms with Crippen molar-refractivity contribution in [3.8, 4) is 5.75 Å². The minimum absolute atomic E-state index is 0.116. The van der Waals surface area contributed by atoms with Gasteiger partial charge >= 0.3 is 0 Å². The van der Waals surface area contributed by atoms with Crippen molar-refractivity contribution in [2.24, 2.45) is 10.8 Å². The van der Waals surface area contributed by atoms with Crippen molar-refractivity contribution < 1.29 is 24.2 Å². The largest absolute Gasteiger partial charge is 0.496 e. The predicted octanol–water partition coefficient (Wildman–Crippen LogP) is 4.71. The summed E-state index contributed by atoms with van der Waals surface area (Å²) in [5, 5.41) is 11.3. The van der Waals surface area contributed by atoms with E-state index in [0.29, 0.717) is 18.4 Å². The number of ether oxygens (including phenoxy) is 1. The quantitative estimate of drug-likeness (QED) is 0.549. The highest BCUT2D eigenvalue weighted by Crippen LogP contribution is 2.57. The van der Waals surface area contributed by atoms with Crippen LogP contribution in [0.3, 0.4) is 0 Å². The van der Waals surface area contributed by atoms with Crippen molar-refractivity contribution in [1.29, 1.82) is 0 Å². The van der Waals surface area contributed by atoms with Gasteiger partial charge in [0.15, 0.2) is 22.8 Å². The SMILES string of the molecule is COc1cccc2c1C(=O)[C@]1(C(=O)C=C(C)C(CC=C(C)C)(CC=C(C)C)C1=O)[C@H]2O.